The number of rotatable bonds is 4. The summed E-state index contributed by atoms with van der Waals surface area (Å²) in [6.45, 7) is 2.01. The fraction of sp³-hybridized carbons (Fsp3) is 0.250. The minimum Gasteiger partial charge on any atom is -0.477 e. The van der Waals surface area contributed by atoms with Crippen LogP contribution in [0.1, 0.15) is 21.9 Å². The van der Waals surface area contributed by atoms with Crippen LogP contribution in [0.25, 0.3) is 0 Å². The van der Waals surface area contributed by atoms with Crippen molar-refractivity contribution in [1.29, 1.82) is 0 Å². The van der Waals surface area contributed by atoms with Gasteiger partial charge in [-0.2, -0.15) is 5.10 Å². The van der Waals surface area contributed by atoms with E-state index in [1.165, 1.54) is 0 Å². The van der Waals surface area contributed by atoms with Crippen LogP contribution in [0, 0.1) is 6.92 Å². The number of carboxylic acid groups (broad SMARTS) is 1. The van der Waals surface area contributed by atoms with E-state index in [0.717, 1.165) is 5.69 Å². The Hall–Kier alpha value is -2.77. The average molecular weight is 277 g/mol. The zero-order valence-electron chi connectivity index (χ0n) is 11.1. The highest BCUT2D eigenvalue weighted by atomic mass is 16.4. The molecular formula is C12H15N5O3. The Kier molecular flexibility index (Phi) is 3.74. The quantitative estimate of drug-likeness (QED) is 0.669. The maximum absolute atomic E-state index is 11.7. The summed E-state index contributed by atoms with van der Waals surface area (Å²) in [5.41, 5.74) is 1.68. The number of carboxylic acids is 1. The van der Waals surface area contributed by atoms with Crippen molar-refractivity contribution >= 4 is 17.7 Å². The van der Waals surface area contributed by atoms with Gasteiger partial charge in [0.25, 0.3) is 0 Å². The minimum atomic E-state index is -1.12. The number of nitrogens with zero attached hydrogens (tertiary/aromatic N) is 2. The number of aryl methyl sites for hydroxylation is 2. The number of amides is 2. The summed E-state index contributed by atoms with van der Waals surface area (Å²) < 4.78 is 1.64. The summed E-state index contributed by atoms with van der Waals surface area (Å²) in [5, 5.41) is 18.1. The van der Waals surface area contributed by atoms with Crippen LogP contribution in [0.3, 0.4) is 0 Å². The maximum atomic E-state index is 11.7. The molecule has 0 atom stereocenters. The van der Waals surface area contributed by atoms with Crippen LogP contribution in [-0.4, -0.2) is 31.9 Å². The van der Waals surface area contributed by atoms with E-state index < -0.39 is 12.0 Å². The highest BCUT2D eigenvalue weighted by Crippen LogP contribution is 2.16. The van der Waals surface area contributed by atoms with E-state index in [0.29, 0.717) is 12.2 Å². The largest absolute Gasteiger partial charge is 0.477 e. The zero-order chi connectivity index (χ0) is 14.7. The number of H-pyrrole nitrogens is 1. The van der Waals surface area contributed by atoms with Crippen molar-refractivity contribution in [2.75, 3.05) is 5.32 Å². The van der Waals surface area contributed by atoms with E-state index in [1.54, 1.807) is 37.0 Å². The number of carbonyl (C=O) groups is 2. The van der Waals surface area contributed by atoms with Crippen LogP contribution in [-0.2, 0) is 13.6 Å². The Morgan fingerprint density at radius 2 is 2.25 bits per heavy atom. The summed E-state index contributed by atoms with van der Waals surface area (Å²) in [6, 6.07) is 2.86. The fourth-order valence-corrected chi connectivity index (χ4v) is 1.77. The van der Waals surface area contributed by atoms with Crippen LogP contribution in [0.15, 0.2) is 18.3 Å². The standard InChI is InChI=1S/C12H15N5O3/c1-7-5-9(10(15-7)11(18)19)16-12(20)13-6-8-3-4-14-17(8)2/h3-5,15H,6H2,1-2H3,(H,18,19)(H2,13,16,20). The highest BCUT2D eigenvalue weighted by Gasteiger charge is 2.15. The Bertz CT molecular complexity index is 643. The Morgan fingerprint density at radius 1 is 1.50 bits per heavy atom. The fourth-order valence-electron chi connectivity index (χ4n) is 1.77. The monoisotopic (exact) mass is 277 g/mol. The lowest BCUT2D eigenvalue weighted by atomic mass is 10.3. The molecule has 20 heavy (non-hydrogen) atoms. The molecule has 4 N–H and O–H groups in total. The van der Waals surface area contributed by atoms with Gasteiger partial charge in [-0.25, -0.2) is 9.59 Å². The van der Waals surface area contributed by atoms with Crippen LogP contribution < -0.4 is 10.6 Å². The second kappa shape index (κ2) is 5.47. The van der Waals surface area contributed by atoms with Crippen molar-refractivity contribution in [3.05, 3.63) is 35.4 Å². The number of anilines is 1. The first-order chi connectivity index (χ1) is 9.47. The number of hydrogen-bond donors (Lipinski definition) is 4. The van der Waals surface area contributed by atoms with Gasteiger partial charge in [0.05, 0.1) is 17.9 Å². The van der Waals surface area contributed by atoms with E-state index in [1.807, 2.05) is 0 Å². The highest BCUT2D eigenvalue weighted by molar-refractivity contribution is 5.99. The third-order valence-electron chi connectivity index (χ3n) is 2.77. The molecule has 0 saturated heterocycles. The lowest BCUT2D eigenvalue weighted by Gasteiger charge is -2.07. The maximum Gasteiger partial charge on any atom is 0.354 e. The van der Waals surface area contributed by atoms with Crippen molar-refractivity contribution < 1.29 is 14.7 Å². The first kappa shape index (κ1) is 13.7. The second-order valence-corrected chi connectivity index (χ2v) is 4.30. The zero-order valence-corrected chi connectivity index (χ0v) is 11.1. The van der Waals surface area contributed by atoms with Crippen LogP contribution in [0.4, 0.5) is 10.5 Å². The molecule has 0 aliphatic rings. The summed E-state index contributed by atoms with van der Waals surface area (Å²) in [7, 11) is 1.77. The van der Waals surface area contributed by atoms with Gasteiger partial charge in [-0.3, -0.25) is 4.68 Å². The smallest absolute Gasteiger partial charge is 0.354 e. The minimum absolute atomic E-state index is 0.0433. The molecule has 0 unspecified atom stereocenters. The number of hydrogen-bond acceptors (Lipinski definition) is 3. The van der Waals surface area contributed by atoms with Crippen molar-refractivity contribution in [1.82, 2.24) is 20.1 Å². The number of aromatic amines is 1. The molecule has 8 heteroatoms. The van der Waals surface area contributed by atoms with E-state index in [-0.39, 0.29) is 11.4 Å². The van der Waals surface area contributed by atoms with Gasteiger partial charge < -0.3 is 20.7 Å². The third-order valence-corrected chi connectivity index (χ3v) is 2.77. The third kappa shape index (κ3) is 2.97. The lowest BCUT2D eigenvalue weighted by Crippen LogP contribution is -2.29. The molecule has 2 rings (SSSR count). The van der Waals surface area contributed by atoms with Crippen molar-refractivity contribution in [3.8, 4) is 0 Å². The molecule has 0 aliphatic carbocycles. The topological polar surface area (TPSA) is 112 Å². The molecular weight excluding hydrogens is 262 g/mol. The molecule has 0 aromatic carbocycles. The number of carbonyl (C=O) groups excluding carboxylic acids is 1. The lowest BCUT2D eigenvalue weighted by molar-refractivity contribution is 0.0692. The molecule has 0 fully saturated rings. The van der Waals surface area contributed by atoms with Gasteiger partial charge in [0.1, 0.15) is 5.69 Å². The molecule has 106 valence electrons. The molecule has 0 spiro atoms. The molecule has 2 heterocycles. The SMILES string of the molecule is Cc1cc(NC(=O)NCc2ccnn2C)c(C(=O)O)[nH]1. The van der Waals surface area contributed by atoms with Gasteiger partial charge in [0.2, 0.25) is 0 Å². The van der Waals surface area contributed by atoms with Crippen molar-refractivity contribution in [3.63, 3.8) is 0 Å². The molecule has 8 nitrogen and oxygen atoms in total. The summed E-state index contributed by atoms with van der Waals surface area (Å²) in [6.07, 6.45) is 1.63. The van der Waals surface area contributed by atoms with Gasteiger partial charge in [0, 0.05) is 18.9 Å². The molecule has 2 amide bonds. The van der Waals surface area contributed by atoms with Gasteiger partial charge in [0.15, 0.2) is 0 Å². The van der Waals surface area contributed by atoms with Gasteiger partial charge >= 0.3 is 12.0 Å². The Morgan fingerprint density at radius 3 is 2.85 bits per heavy atom. The van der Waals surface area contributed by atoms with Gasteiger partial charge in [-0.1, -0.05) is 0 Å². The Labute approximate surface area is 114 Å². The molecule has 0 saturated carbocycles. The first-order valence-electron chi connectivity index (χ1n) is 5.92. The summed E-state index contributed by atoms with van der Waals surface area (Å²) in [4.78, 5) is 25.4. The van der Waals surface area contributed by atoms with Gasteiger partial charge in [-0.05, 0) is 19.1 Å². The number of aromatic carboxylic acids is 1. The predicted molar refractivity (Wildman–Crippen MR) is 71.6 cm³/mol. The predicted octanol–water partition coefficient (Wildman–Crippen LogP) is 1.08. The normalized spacial score (nSPS) is 10.3. The summed E-state index contributed by atoms with van der Waals surface area (Å²) in [5.74, 6) is -1.12. The van der Waals surface area contributed by atoms with E-state index in [2.05, 4.69) is 20.7 Å². The average Bonchev–Trinajstić information content (AvgIpc) is 2.93. The van der Waals surface area contributed by atoms with E-state index in [9.17, 15) is 9.59 Å². The second-order valence-electron chi connectivity index (χ2n) is 4.30. The molecule has 0 radical (unpaired) electrons. The van der Waals surface area contributed by atoms with Crippen molar-refractivity contribution in [2.24, 2.45) is 7.05 Å². The van der Waals surface area contributed by atoms with E-state index >= 15 is 0 Å². The van der Waals surface area contributed by atoms with Gasteiger partial charge in [-0.15, -0.1) is 0 Å². The van der Waals surface area contributed by atoms with Crippen LogP contribution in [0.5, 0.6) is 0 Å². The Balaban J connectivity index is 1.98. The first-order valence-corrected chi connectivity index (χ1v) is 5.92. The molecule has 2 aromatic rings. The number of aromatic nitrogens is 3. The molecule has 2 aromatic heterocycles. The molecule has 0 bridgehead atoms. The van der Waals surface area contributed by atoms with Crippen LogP contribution >= 0.6 is 0 Å². The number of urea groups is 1. The number of nitrogens with one attached hydrogen (secondary N) is 3. The van der Waals surface area contributed by atoms with Crippen LogP contribution in [0.2, 0.25) is 0 Å². The molecule has 0 aliphatic heterocycles. The van der Waals surface area contributed by atoms with Crippen molar-refractivity contribution in [2.45, 2.75) is 13.5 Å². The van der Waals surface area contributed by atoms with E-state index in [4.69, 9.17) is 5.11 Å². The summed E-state index contributed by atoms with van der Waals surface area (Å²) >= 11 is 0.